The Morgan fingerprint density at radius 2 is 2.22 bits per heavy atom. The number of hydrogen-bond acceptors (Lipinski definition) is 4. The van der Waals surface area contributed by atoms with E-state index < -0.39 is 0 Å². The molecule has 0 aliphatic carbocycles. The lowest BCUT2D eigenvalue weighted by Gasteiger charge is -2.19. The Morgan fingerprint density at radius 1 is 1.44 bits per heavy atom. The van der Waals surface area contributed by atoms with Crippen LogP contribution in [0.2, 0.25) is 0 Å². The molecule has 0 bridgehead atoms. The lowest BCUT2D eigenvalue weighted by Crippen LogP contribution is -2.28. The molecule has 1 rings (SSSR count). The molecule has 104 valence electrons. The molecule has 0 atom stereocenters. The van der Waals surface area contributed by atoms with E-state index in [1.165, 1.54) is 5.56 Å². The maximum Gasteiger partial charge on any atom is 0.122 e. The monoisotopic (exact) mass is 254 g/mol. The third kappa shape index (κ3) is 5.21. The molecule has 0 aliphatic heterocycles. The minimum atomic E-state index is 0.471. The smallest absolute Gasteiger partial charge is 0.122 e. The first-order chi connectivity index (χ1) is 8.67. The highest BCUT2D eigenvalue weighted by Gasteiger charge is 2.10. The number of nitrogens with zero attached hydrogens (tertiary/aromatic N) is 1. The summed E-state index contributed by atoms with van der Waals surface area (Å²) in [7, 11) is 1.74. The molecule has 0 saturated heterocycles. The molecule has 1 heterocycles. The van der Waals surface area contributed by atoms with Crippen molar-refractivity contribution in [3.63, 3.8) is 0 Å². The van der Waals surface area contributed by atoms with Crippen molar-refractivity contribution in [3.05, 3.63) is 23.7 Å². The Morgan fingerprint density at radius 3 is 2.83 bits per heavy atom. The van der Waals surface area contributed by atoms with Crippen molar-refractivity contribution in [2.24, 2.45) is 0 Å². The molecule has 0 amide bonds. The third-order valence-corrected chi connectivity index (χ3v) is 2.96. The van der Waals surface area contributed by atoms with Gasteiger partial charge in [-0.1, -0.05) is 20.8 Å². The first-order valence-electron chi connectivity index (χ1n) is 6.67. The van der Waals surface area contributed by atoms with Crippen LogP contribution in [-0.2, 0) is 17.8 Å². The summed E-state index contributed by atoms with van der Waals surface area (Å²) in [5.74, 6) is 1.04. The number of likely N-dealkylation sites (N-methyl/N-ethyl adjacent to an activating group) is 1. The van der Waals surface area contributed by atoms with Gasteiger partial charge in [-0.3, -0.25) is 4.90 Å². The van der Waals surface area contributed by atoms with Gasteiger partial charge in [-0.15, -0.1) is 0 Å². The van der Waals surface area contributed by atoms with Gasteiger partial charge in [0.2, 0.25) is 0 Å². The fraction of sp³-hybridized carbons (Fsp3) is 0.714. The van der Waals surface area contributed by atoms with Crippen molar-refractivity contribution in [3.8, 4) is 0 Å². The van der Waals surface area contributed by atoms with E-state index in [0.29, 0.717) is 6.04 Å². The van der Waals surface area contributed by atoms with Crippen LogP contribution >= 0.6 is 0 Å². The quantitative estimate of drug-likeness (QED) is 0.733. The second-order valence-electron chi connectivity index (χ2n) is 4.77. The minimum Gasteiger partial charge on any atom is -0.468 e. The van der Waals surface area contributed by atoms with E-state index >= 15 is 0 Å². The van der Waals surface area contributed by atoms with Gasteiger partial charge in [0.25, 0.3) is 0 Å². The molecule has 1 N–H and O–H groups in total. The highest BCUT2D eigenvalue weighted by Crippen LogP contribution is 2.13. The molecule has 1 aromatic rings. The van der Waals surface area contributed by atoms with Crippen molar-refractivity contribution < 1.29 is 9.15 Å². The number of methoxy groups -OCH3 is 1. The van der Waals surface area contributed by atoms with Gasteiger partial charge in [0, 0.05) is 31.8 Å². The van der Waals surface area contributed by atoms with Crippen molar-refractivity contribution in [2.75, 3.05) is 26.8 Å². The number of rotatable bonds is 9. The first-order valence-corrected chi connectivity index (χ1v) is 6.67. The summed E-state index contributed by atoms with van der Waals surface area (Å²) in [4.78, 5) is 2.35. The van der Waals surface area contributed by atoms with Crippen LogP contribution in [0, 0.1) is 0 Å². The van der Waals surface area contributed by atoms with Crippen molar-refractivity contribution in [2.45, 2.75) is 39.9 Å². The van der Waals surface area contributed by atoms with Crippen LogP contribution in [0.15, 0.2) is 16.7 Å². The molecule has 0 saturated carbocycles. The number of hydrogen-bond donors (Lipinski definition) is 1. The fourth-order valence-corrected chi connectivity index (χ4v) is 1.77. The van der Waals surface area contributed by atoms with Gasteiger partial charge >= 0.3 is 0 Å². The molecule has 18 heavy (non-hydrogen) atoms. The molecule has 0 aromatic carbocycles. The van der Waals surface area contributed by atoms with Crippen LogP contribution in [0.3, 0.4) is 0 Å². The van der Waals surface area contributed by atoms with Gasteiger partial charge in [-0.2, -0.15) is 0 Å². The Hall–Kier alpha value is -0.840. The highest BCUT2D eigenvalue weighted by atomic mass is 16.5. The zero-order valence-corrected chi connectivity index (χ0v) is 12.0. The molecular formula is C14H26N2O2. The predicted molar refractivity (Wildman–Crippen MR) is 73.5 cm³/mol. The van der Waals surface area contributed by atoms with Crippen molar-refractivity contribution in [1.82, 2.24) is 10.2 Å². The van der Waals surface area contributed by atoms with Gasteiger partial charge in [0.1, 0.15) is 5.76 Å². The standard InChI is InChI=1S/C14H26N2O2/c1-5-16(7-9-17-4)11-13-6-8-18-14(13)10-15-12(2)3/h6,8,12,15H,5,7,9-11H2,1-4H3. The van der Waals surface area contributed by atoms with E-state index in [1.54, 1.807) is 13.4 Å². The minimum absolute atomic E-state index is 0.471. The molecule has 0 aliphatic rings. The zero-order chi connectivity index (χ0) is 13.4. The normalized spacial score (nSPS) is 11.7. The Bertz CT molecular complexity index is 323. The summed E-state index contributed by atoms with van der Waals surface area (Å²) >= 11 is 0. The van der Waals surface area contributed by atoms with Crippen molar-refractivity contribution in [1.29, 1.82) is 0 Å². The number of ether oxygens (including phenoxy) is 1. The van der Waals surface area contributed by atoms with Gasteiger partial charge < -0.3 is 14.5 Å². The van der Waals surface area contributed by atoms with E-state index in [9.17, 15) is 0 Å². The average molecular weight is 254 g/mol. The summed E-state index contributed by atoms with van der Waals surface area (Å²) in [6, 6.07) is 2.53. The number of furan rings is 1. The molecule has 0 radical (unpaired) electrons. The van der Waals surface area contributed by atoms with Gasteiger partial charge in [0.05, 0.1) is 19.4 Å². The molecule has 4 heteroatoms. The summed E-state index contributed by atoms with van der Waals surface area (Å²) in [6.07, 6.45) is 1.77. The van der Waals surface area contributed by atoms with E-state index in [2.05, 4.69) is 37.1 Å². The molecule has 1 aromatic heterocycles. The maximum absolute atomic E-state index is 5.54. The van der Waals surface area contributed by atoms with E-state index in [-0.39, 0.29) is 0 Å². The van der Waals surface area contributed by atoms with Crippen LogP contribution in [0.25, 0.3) is 0 Å². The van der Waals surface area contributed by atoms with Crippen LogP contribution in [0.5, 0.6) is 0 Å². The predicted octanol–water partition coefficient (Wildman–Crippen LogP) is 2.25. The summed E-state index contributed by atoms with van der Waals surface area (Å²) < 4.78 is 10.7. The van der Waals surface area contributed by atoms with E-state index in [1.807, 2.05) is 0 Å². The van der Waals surface area contributed by atoms with E-state index in [0.717, 1.165) is 38.5 Å². The van der Waals surface area contributed by atoms with Crippen LogP contribution in [-0.4, -0.2) is 37.7 Å². The Balaban J connectivity index is 2.51. The van der Waals surface area contributed by atoms with Gasteiger partial charge in [-0.05, 0) is 12.6 Å². The summed E-state index contributed by atoms with van der Waals surface area (Å²) in [5.41, 5.74) is 1.26. The second-order valence-corrected chi connectivity index (χ2v) is 4.77. The molecule has 4 nitrogen and oxygen atoms in total. The fourth-order valence-electron chi connectivity index (χ4n) is 1.77. The topological polar surface area (TPSA) is 37.6 Å². The van der Waals surface area contributed by atoms with Crippen molar-refractivity contribution >= 4 is 0 Å². The average Bonchev–Trinajstić information content (AvgIpc) is 2.79. The Labute approximate surface area is 110 Å². The highest BCUT2D eigenvalue weighted by molar-refractivity contribution is 5.16. The maximum atomic E-state index is 5.54. The molecular weight excluding hydrogens is 228 g/mol. The molecule has 0 spiro atoms. The van der Waals surface area contributed by atoms with Crippen LogP contribution in [0.1, 0.15) is 32.1 Å². The lowest BCUT2D eigenvalue weighted by atomic mass is 10.2. The molecule has 0 fully saturated rings. The van der Waals surface area contributed by atoms with Gasteiger partial charge in [0.15, 0.2) is 0 Å². The first kappa shape index (κ1) is 15.2. The Kier molecular flexibility index (Phi) is 7.01. The molecule has 0 unspecified atom stereocenters. The van der Waals surface area contributed by atoms with Crippen LogP contribution in [0.4, 0.5) is 0 Å². The zero-order valence-electron chi connectivity index (χ0n) is 12.0. The lowest BCUT2D eigenvalue weighted by molar-refractivity contribution is 0.147. The largest absolute Gasteiger partial charge is 0.468 e. The second kappa shape index (κ2) is 8.29. The summed E-state index contributed by atoms with van der Waals surface area (Å²) in [5, 5.41) is 3.39. The third-order valence-electron chi connectivity index (χ3n) is 2.96. The van der Waals surface area contributed by atoms with E-state index in [4.69, 9.17) is 9.15 Å². The number of nitrogens with one attached hydrogen (secondary N) is 1. The summed E-state index contributed by atoms with van der Waals surface area (Å²) in [6.45, 7) is 10.9. The van der Waals surface area contributed by atoms with Crippen LogP contribution < -0.4 is 5.32 Å². The SMILES string of the molecule is CCN(CCOC)Cc1ccoc1CNC(C)C. The van der Waals surface area contributed by atoms with Gasteiger partial charge in [-0.25, -0.2) is 0 Å².